The number of carbonyl (C=O) groups excluding carboxylic acids is 1. The van der Waals surface area contributed by atoms with Crippen LogP contribution in [0.3, 0.4) is 0 Å². The lowest BCUT2D eigenvalue weighted by Gasteiger charge is -2.08. The first-order valence-corrected chi connectivity index (χ1v) is 5.67. The molecule has 0 aliphatic rings. The number of aromatic nitrogens is 2. The molecule has 6 nitrogen and oxygen atoms in total. The van der Waals surface area contributed by atoms with E-state index >= 15 is 0 Å². The van der Waals surface area contributed by atoms with E-state index in [0.717, 1.165) is 0 Å². The van der Waals surface area contributed by atoms with E-state index in [1.54, 1.807) is 25.1 Å². The number of benzene rings is 1. The number of amides is 1. The number of nitrogens with two attached hydrogens (primary N) is 1. The number of ether oxygens (including phenoxy) is 2. The first kappa shape index (κ1) is 13.1. The summed E-state index contributed by atoms with van der Waals surface area (Å²) >= 11 is 5.74. The van der Waals surface area contributed by atoms with Crippen LogP contribution in [0.5, 0.6) is 17.4 Å². The average molecular weight is 280 g/mol. The second-order valence-corrected chi connectivity index (χ2v) is 3.97. The Morgan fingerprint density at radius 1 is 1.37 bits per heavy atom. The first-order chi connectivity index (χ1) is 9.04. The van der Waals surface area contributed by atoms with Crippen molar-refractivity contribution in [2.75, 3.05) is 0 Å². The summed E-state index contributed by atoms with van der Waals surface area (Å²) in [5.41, 5.74) is 5.52. The highest BCUT2D eigenvalue weighted by molar-refractivity contribution is 6.29. The quantitative estimate of drug-likeness (QED) is 0.933. The van der Waals surface area contributed by atoms with Crippen molar-refractivity contribution >= 4 is 17.7 Å². The Kier molecular flexibility index (Phi) is 3.82. The molecule has 0 unspecified atom stereocenters. The SMILES string of the molecule is Cc1ncc(Cl)nc1Oc1cccc(OC(N)=O)c1. The first-order valence-electron chi connectivity index (χ1n) is 5.29. The van der Waals surface area contributed by atoms with Gasteiger partial charge in [0.05, 0.1) is 11.9 Å². The smallest absolute Gasteiger partial charge is 0.409 e. The Hall–Kier alpha value is -2.34. The molecular formula is C12H10ClN3O3. The van der Waals surface area contributed by atoms with Crippen molar-refractivity contribution in [3.63, 3.8) is 0 Å². The van der Waals surface area contributed by atoms with Crippen molar-refractivity contribution in [3.8, 4) is 17.4 Å². The molecule has 0 aliphatic heterocycles. The largest absolute Gasteiger partial charge is 0.437 e. The monoisotopic (exact) mass is 279 g/mol. The Labute approximate surface area is 114 Å². The third-order valence-electron chi connectivity index (χ3n) is 2.12. The summed E-state index contributed by atoms with van der Waals surface area (Å²) in [4.78, 5) is 18.7. The maximum Gasteiger partial charge on any atom is 0.409 e. The lowest BCUT2D eigenvalue weighted by molar-refractivity contribution is 0.211. The number of hydrogen-bond donors (Lipinski definition) is 1. The number of carbonyl (C=O) groups is 1. The van der Waals surface area contributed by atoms with Crippen molar-refractivity contribution < 1.29 is 14.3 Å². The zero-order valence-corrected chi connectivity index (χ0v) is 10.7. The number of hydrogen-bond acceptors (Lipinski definition) is 5. The lowest BCUT2D eigenvalue weighted by Crippen LogP contribution is -2.16. The van der Waals surface area contributed by atoms with Crippen molar-refractivity contribution in [2.45, 2.75) is 6.92 Å². The van der Waals surface area contributed by atoms with Gasteiger partial charge in [0.15, 0.2) is 5.15 Å². The van der Waals surface area contributed by atoms with Gasteiger partial charge in [-0.2, -0.15) is 4.98 Å². The molecule has 0 saturated carbocycles. The van der Waals surface area contributed by atoms with Gasteiger partial charge < -0.3 is 15.2 Å². The summed E-state index contributed by atoms with van der Waals surface area (Å²) in [6.07, 6.45) is 0.534. The minimum absolute atomic E-state index is 0.227. The summed E-state index contributed by atoms with van der Waals surface area (Å²) in [5.74, 6) is 0.986. The summed E-state index contributed by atoms with van der Waals surface area (Å²) in [5, 5.41) is 0.227. The molecule has 7 heteroatoms. The van der Waals surface area contributed by atoms with E-state index < -0.39 is 6.09 Å². The topological polar surface area (TPSA) is 87.3 Å². The van der Waals surface area contributed by atoms with Crippen LogP contribution in [0.1, 0.15) is 5.69 Å². The molecule has 1 aromatic carbocycles. The van der Waals surface area contributed by atoms with Crippen LogP contribution in [-0.4, -0.2) is 16.1 Å². The molecule has 1 heterocycles. The molecule has 0 bridgehead atoms. The van der Waals surface area contributed by atoms with Gasteiger partial charge in [-0.1, -0.05) is 17.7 Å². The number of rotatable bonds is 3. The van der Waals surface area contributed by atoms with Crippen molar-refractivity contribution in [1.82, 2.24) is 9.97 Å². The van der Waals surface area contributed by atoms with E-state index in [-0.39, 0.29) is 16.8 Å². The van der Waals surface area contributed by atoms with Crippen LogP contribution in [0.25, 0.3) is 0 Å². The van der Waals surface area contributed by atoms with Crippen LogP contribution in [0.2, 0.25) is 5.15 Å². The summed E-state index contributed by atoms with van der Waals surface area (Å²) in [6.45, 7) is 1.74. The van der Waals surface area contributed by atoms with Gasteiger partial charge in [0.1, 0.15) is 11.5 Å². The van der Waals surface area contributed by atoms with E-state index in [1.807, 2.05) is 0 Å². The van der Waals surface area contributed by atoms with Crippen LogP contribution in [0.4, 0.5) is 4.79 Å². The predicted octanol–water partition coefficient (Wildman–Crippen LogP) is 2.69. The van der Waals surface area contributed by atoms with Gasteiger partial charge in [-0.05, 0) is 19.1 Å². The third kappa shape index (κ3) is 3.56. The molecule has 2 rings (SSSR count). The molecule has 19 heavy (non-hydrogen) atoms. The molecule has 1 amide bonds. The van der Waals surface area contributed by atoms with Gasteiger partial charge >= 0.3 is 6.09 Å². The standard InChI is InChI=1S/C12H10ClN3O3/c1-7-11(16-10(13)6-15-7)18-8-3-2-4-9(5-8)19-12(14)17/h2-6H,1H3,(H2,14,17). The van der Waals surface area contributed by atoms with Gasteiger partial charge in [-0.25, -0.2) is 4.79 Å². The maximum atomic E-state index is 10.7. The summed E-state index contributed by atoms with van der Waals surface area (Å²) in [7, 11) is 0. The summed E-state index contributed by atoms with van der Waals surface area (Å²) in [6, 6.07) is 6.41. The van der Waals surface area contributed by atoms with E-state index in [2.05, 4.69) is 9.97 Å². The molecule has 2 N–H and O–H groups in total. The van der Waals surface area contributed by atoms with Crippen LogP contribution >= 0.6 is 11.6 Å². The van der Waals surface area contributed by atoms with Gasteiger partial charge in [-0.15, -0.1) is 0 Å². The molecule has 0 fully saturated rings. The maximum absolute atomic E-state index is 10.7. The van der Waals surface area contributed by atoms with Gasteiger partial charge in [0.2, 0.25) is 5.88 Å². The highest BCUT2D eigenvalue weighted by Crippen LogP contribution is 2.26. The molecule has 1 aromatic heterocycles. The Bertz CT molecular complexity index is 619. The average Bonchev–Trinajstić information content (AvgIpc) is 2.33. The van der Waals surface area contributed by atoms with Gasteiger partial charge in [-0.3, -0.25) is 4.98 Å². The number of halogens is 1. The number of nitrogens with zero attached hydrogens (tertiary/aromatic N) is 2. The van der Waals surface area contributed by atoms with Crippen LogP contribution in [-0.2, 0) is 0 Å². The molecule has 0 radical (unpaired) electrons. The second kappa shape index (κ2) is 5.53. The van der Waals surface area contributed by atoms with Crippen molar-refractivity contribution in [1.29, 1.82) is 0 Å². The molecule has 0 atom stereocenters. The molecule has 0 aliphatic carbocycles. The molecule has 0 saturated heterocycles. The fourth-order valence-electron chi connectivity index (χ4n) is 1.34. The molecule has 2 aromatic rings. The molecule has 98 valence electrons. The van der Waals surface area contributed by atoms with E-state index in [9.17, 15) is 4.79 Å². The second-order valence-electron chi connectivity index (χ2n) is 3.58. The normalized spacial score (nSPS) is 10.0. The molecule has 0 spiro atoms. The summed E-state index contributed by atoms with van der Waals surface area (Å²) < 4.78 is 10.3. The van der Waals surface area contributed by atoms with Crippen LogP contribution in [0, 0.1) is 6.92 Å². The highest BCUT2D eigenvalue weighted by atomic mass is 35.5. The van der Waals surface area contributed by atoms with Crippen molar-refractivity contribution in [2.24, 2.45) is 5.73 Å². The fraction of sp³-hybridized carbons (Fsp3) is 0.0833. The Morgan fingerprint density at radius 2 is 2.11 bits per heavy atom. The highest BCUT2D eigenvalue weighted by Gasteiger charge is 2.07. The van der Waals surface area contributed by atoms with Crippen LogP contribution < -0.4 is 15.2 Å². The van der Waals surface area contributed by atoms with Gasteiger partial charge in [0.25, 0.3) is 0 Å². The predicted molar refractivity (Wildman–Crippen MR) is 68.5 cm³/mol. The minimum atomic E-state index is -0.893. The zero-order chi connectivity index (χ0) is 13.8. The third-order valence-corrected chi connectivity index (χ3v) is 2.30. The van der Waals surface area contributed by atoms with E-state index in [4.69, 9.17) is 26.8 Å². The minimum Gasteiger partial charge on any atom is -0.437 e. The number of primary amides is 1. The van der Waals surface area contributed by atoms with Crippen molar-refractivity contribution in [3.05, 3.63) is 41.3 Å². The van der Waals surface area contributed by atoms with E-state index in [0.29, 0.717) is 11.4 Å². The Balaban J connectivity index is 2.23. The lowest BCUT2D eigenvalue weighted by atomic mass is 10.3. The van der Waals surface area contributed by atoms with Crippen LogP contribution in [0.15, 0.2) is 30.5 Å². The zero-order valence-electron chi connectivity index (χ0n) is 9.96. The van der Waals surface area contributed by atoms with Gasteiger partial charge in [0, 0.05) is 6.07 Å². The van der Waals surface area contributed by atoms with E-state index in [1.165, 1.54) is 12.3 Å². The Morgan fingerprint density at radius 3 is 2.84 bits per heavy atom. The molecular weight excluding hydrogens is 270 g/mol. The fourth-order valence-corrected chi connectivity index (χ4v) is 1.46. The number of aryl methyl sites for hydroxylation is 1.